The molecule has 0 radical (unpaired) electrons. The zero-order chi connectivity index (χ0) is 30.3. The second-order valence-corrected chi connectivity index (χ2v) is 11.8. The van der Waals surface area contributed by atoms with Crippen LogP contribution in [0.3, 0.4) is 0 Å². The van der Waals surface area contributed by atoms with E-state index in [1.807, 2.05) is 18.2 Å². The molecule has 2 unspecified atom stereocenters. The van der Waals surface area contributed by atoms with E-state index in [0.29, 0.717) is 49.5 Å². The molecule has 4 aromatic rings. The van der Waals surface area contributed by atoms with Crippen LogP contribution in [0.4, 0.5) is 5.69 Å². The van der Waals surface area contributed by atoms with Crippen LogP contribution in [-0.2, 0) is 15.1 Å². The first-order chi connectivity index (χ1) is 20.7. The molecule has 2 heterocycles. The summed E-state index contributed by atoms with van der Waals surface area (Å²) in [4.78, 5) is 48.7. The van der Waals surface area contributed by atoms with Crippen LogP contribution in [0.5, 0.6) is 11.8 Å². The number of hydrogen-bond donors (Lipinski definition) is 5. The van der Waals surface area contributed by atoms with Crippen LogP contribution in [0.15, 0.2) is 67.5 Å². The molecule has 11 nitrogen and oxygen atoms in total. The number of carbonyl (C=O) groups is 3. The molecule has 1 fully saturated rings. The Morgan fingerprint density at radius 2 is 1.72 bits per heavy atom. The molecule has 8 N–H and O–H groups in total. The average Bonchev–Trinajstić information content (AvgIpc) is 3.43. The van der Waals surface area contributed by atoms with Gasteiger partial charge in [0.25, 0.3) is 5.91 Å². The molecule has 4 atom stereocenters. The Morgan fingerprint density at radius 1 is 1.05 bits per heavy atom. The number of nitrogen functional groups attached to an aromatic ring is 1. The maximum absolute atomic E-state index is 14.0. The Balaban J connectivity index is 1.37. The third kappa shape index (κ3) is 4.92. The van der Waals surface area contributed by atoms with Gasteiger partial charge >= 0.3 is 6.01 Å². The fraction of sp³-hybridized carbons (Fsp3) is 0.258. The number of nitrogens with zero attached hydrogens (tertiary/aromatic N) is 2. The zero-order valence-corrected chi connectivity index (χ0v) is 24.0. The van der Waals surface area contributed by atoms with Crippen molar-refractivity contribution in [2.45, 2.75) is 49.3 Å². The maximum atomic E-state index is 14.0. The second-order valence-electron chi connectivity index (χ2n) is 10.8. The summed E-state index contributed by atoms with van der Waals surface area (Å²) >= 11 is 1.17. The van der Waals surface area contributed by atoms with Crippen molar-refractivity contribution in [3.8, 4) is 11.8 Å². The predicted molar refractivity (Wildman–Crippen MR) is 164 cm³/mol. The Hall–Kier alpha value is -4.65. The van der Waals surface area contributed by atoms with Crippen LogP contribution in [0.25, 0.3) is 10.1 Å². The van der Waals surface area contributed by atoms with Gasteiger partial charge in [-0.2, -0.15) is 0 Å². The Kier molecular flexibility index (Phi) is 7.42. The topological polar surface area (TPSA) is 188 Å². The van der Waals surface area contributed by atoms with Gasteiger partial charge in [0.1, 0.15) is 11.3 Å². The number of benzene rings is 2. The molecule has 6 rings (SSSR count). The molecule has 2 aromatic heterocycles. The summed E-state index contributed by atoms with van der Waals surface area (Å²) in [7, 11) is 0. The molecular formula is C31H31N7O4S. The largest absolute Gasteiger partial charge is 0.424 e. The van der Waals surface area contributed by atoms with Crippen LogP contribution < -0.4 is 32.6 Å². The highest BCUT2D eigenvalue weighted by molar-refractivity contribution is 7.21. The van der Waals surface area contributed by atoms with E-state index < -0.39 is 17.4 Å². The van der Waals surface area contributed by atoms with Crippen molar-refractivity contribution in [3.63, 3.8) is 0 Å². The van der Waals surface area contributed by atoms with Gasteiger partial charge in [-0.3, -0.25) is 14.4 Å². The van der Waals surface area contributed by atoms with Gasteiger partial charge in [-0.15, -0.1) is 11.3 Å². The Labute approximate surface area is 251 Å². The number of para-hydroxylation sites is 1. The smallest absolute Gasteiger partial charge is 0.321 e. The quantitative estimate of drug-likeness (QED) is 0.157. The maximum Gasteiger partial charge on any atom is 0.321 e. The second kappa shape index (κ2) is 11.2. The van der Waals surface area contributed by atoms with Gasteiger partial charge in [0.15, 0.2) is 5.78 Å². The lowest BCUT2D eigenvalue weighted by atomic mass is 9.71. The summed E-state index contributed by atoms with van der Waals surface area (Å²) in [6, 6.07) is 10.8. The van der Waals surface area contributed by atoms with Gasteiger partial charge in [-0.05, 0) is 42.7 Å². The van der Waals surface area contributed by atoms with Gasteiger partial charge in [-0.1, -0.05) is 43.7 Å². The highest BCUT2D eigenvalue weighted by Gasteiger charge is 2.49. The molecule has 2 aromatic carbocycles. The number of anilines is 1. The molecule has 0 bridgehead atoms. The number of nitrogens with one attached hydrogen (secondary N) is 2. The van der Waals surface area contributed by atoms with Crippen LogP contribution in [-0.4, -0.2) is 39.6 Å². The summed E-state index contributed by atoms with van der Waals surface area (Å²) in [6.45, 7) is 3.52. The lowest BCUT2D eigenvalue weighted by molar-refractivity contribution is -0.124. The van der Waals surface area contributed by atoms with E-state index in [1.165, 1.54) is 29.8 Å². The van der Waals surface area contributed by atoms with Crippen LogP contribution in [0.1, 0.15) is 58.1 Å². The van der Waals surface area contributed by atoms with Crippen LogP contribution in [0.2, 0.25) is 0 Å². The number of aromatic nitrogens is 2. The summed E-state index contributed by atoms with van der Waals surface area (Å²) in [6.07, 6.45) is 7.38. The van der Waals surface area contributed by atoms with Crippen molar-refractivity contribution < 1.29 is 19.1 Å². The number of hydrogen-bond acceptors (Lipinski definition) is 10. The van der Waals surface area contributed by atoms with Crippen molar-refractivity contribution in [2.75, 3.05) is 5.73 Å². The number of rotatable bonds is 7. The van der Waals surface area contributed by atoms with Gasteiger partial charge in [0.2, 0.25) is 5.91 Å². The van der Waals surface area contributed by atoms with Crippen molar-refractivity contribution in [3.05, 3.63) is 89.1 Å². The van der Waals surface area contributed by atoms with E-state index in [4.69, 9.17) is 21.9 Å². The third-order valence-corrected chi connectivity index (χ3v) is 9.40. The number of carbonyl (C=O) groups excluding carboxylic acids is 3. The number of nitrogens with two attached hydrogens (primary N) is 3. The Bertz CT molecular complexity index is 1740. The number of ether oxygens (including phenoxy) is 1. The molecule has 12 heteroatoms. The van der Waals surface area contributed by atoms with Crippen molar-refractivity contribution in [1.82, 2.24) is 20.6 Å². The zero-order valence-electron chi connectivity index (χ0n) is 23.2. The van der Waals surface area contributed by atoms with E-state index in [2.05, 4.69) is 27.2 Å². The van der Waals surface area contributed by atoms with Crippen molar-refractivity contribution >= 4 is 44.7 Å². The molecule has 0 aliphatic heterocycles. The highest BCUT2D eigenvalue weighted by Crippen LogP contribution is 2.49. The molecule has 1 saturated carbocycles. The number of Topliss-reactive ketones (excluding diaryl/α,β-unsaturated/α-hetero) is 1. The van der Waals surface area contributed by atoms with E-state index in [0.717, 1.165) is 19.3 Å². The van der Waals surface area contributed by atoms with Crippen LogP contribution >= 0.6 is 11.3 Å². The third-order valence-electron chi connectivity index (χ3n) is 8.15. The first-order valence-electron chi connectivity index (χ1n) is 14.0. The monoisotopic (exact) mass is 597 g/mol. The van der Waals surface area contributed by atoms with Gasteiger partial charge < -0.3 is 32.6 Å². The van der Waals surface area contributed by atoms with E-state index in [1.54, 1.807) is 24.3 Å². The number of amides is 2. The fourth-order valence-electron chi connectivity index (χ4n) is 5.97. The first kappa shape index (κ1) is 28.5. The molecule has 220 valence electrons. The highest BCUT2D eigenvalue weighted by atomic mass is 32.1. The summed E-state index contributed by atoms with van der Waals surface area (Å²) in [5, 5.41) is 6.57. The molecule has 2 aliphatic carbocycles. The molecule has 0 saturated heterocycles. The molecule has 43 heavy (non-hydrogen) atoms. The minimum absolute atomic E-state index is 0.0917. The lowest BCUT2D eigenvalue weighted by Gasteiger charge is -2.36. The lowest BCUT2D eigenvalue weighted by Crippen LogP contribution is -2.54. The Morgan fingerprint density at radius 3 is 2.40 bits per heavy atom. The molecule has 0 spiro atoms. The van der Waals surface area contributed by atoms with Gasteiger partial charge in [0.05, 0.1) is 15.6 Å². The SMILES string of the molecule is C=CC(=O)N[C@H]1CCCC[C@H]1NC(=O)c1sc2c(N)ccc3c2c1C(N)C(=O)C3(N)c1cnc(Oc2ccccc2)nc1. The van der Waals surface area contributed by atoms with Crippen LogP contribution in [0, 0.1) is 0 Å². The van der Waals surface area contributed by atoms with E-state index in [-0.39, 0.29) is 29.9 Å². The van der Waals surface area contributed by atoms with E-state index >= 15 is 0 Å². The van der Waals surface area contributed by atoms with Crippen molar-refractivity contribution in [1.29, 1.82) is 0 Å². The summed E-state index contributed by atoms with van der Waals surface area (Å²) < 4.78 is 6.31. The normalized spacial score (nSPS) is 23.0. The minimum Gasteiger partial charge on any atom is -0.424 e. The standard InChI is InChI=1S/C31H31N7O4S/c1-2-22(39)37-20-10-6-7-11-21(20)38-29(41)27-24-23-18(12-13-19(32)26(23)43-27)31(34,28(40)25(24)33)16-14-35-30(36-15-16)42-17-8-4-3-5-9-17/h2-5,8-9,12-15,20-21,25H,1,6-7,10-11,32-34H2,(H,37,39)(H,38,41)/t20-,21+,25?,31?/m0/s1. The first-order valence-corrected chi connectivity index (χ1v) is 14.8. The minimum atomic E-state index is -1.69. The number of ketones is 1. The predicted octanol–water partition coefficient (Wildman–Crippen LogP) is 3.19. The fourth-order valence-corrected chi connectivity index (χ4v) is 7.17. The van der Waals surface area contributed by atoms with Crippen molar-refractivity contribution in [2.24, 2.45) is 11.5 Å². The van der Waals surface area contributed by atoms with Gasteiger partial charge in [0, 0.05) is 46.7 Å². The van der Waals surface area contributed by atoms with Gasteiger partial charge in [-0.25, -0.2) is 9.97 Å². The molecule has 2 aliphatic rings. The number of thiophene rings is 1. The van der Waals surface area contributed by atoms with E-state index in [9.17, 15) is 14.4 Å². The summed E-state index contributed by atoms with van der Waals surface area (Å²) in [5.41, 5.74) is 19.8. The summed E-state index contributed by atoms with van der Waals surface area (Å²) in [5.74, 6) is -0.626. The molecular weight excluding hydrogens is 566 g/mol. The molecule has 2 amide bonds. The average molecular weight is 598 g/mol.